The van der Waals surface area contributed by atoms with Crippen molar-refractivity contribution in [1.82, 2.24) is 20.3 Å². The van der Waals surface area contributed by atoms with Gasteiger partial charge in [-0.3, -0.25) is 4.79 Å². The number of hydrogen-bond acceptors (Lipinski definition) is 5. The molecule has 0 unspecified atom stereocenters. The van der Waals surface area contributed by atoms with Gasteiger partial charge in [-0.25, -0.2) is 4.68 Å². The number of hydrogen-bond donors (Lipinski definition) is 1. The third-order valence-electron chi connectivity index (χ3n) is 3.64. The Morgan fingerprint density at radius 3 is 2.95 bits per heavy atom. The van der Waals surface area contributed by atoms with Gasteiger partial charge in [0.25, 0.3) is 0 Å². The highest BCUT2D eigenvalue weighted by Gasteiger charge is 2.33. The number of nitrogens with zero attached hydrogens (tertiary/aromatic N) is 3. The quantitative estimate of drug-likeness (QED) is 0.823. The number of ether oxygens (including phenoxy) is 1. The minimum Gasteiger partial charge on any atom is -0.469 e. The standard InChI is InChI=1S/C14H16N4O2/c1-20-14(19)12-9-18-11(8-16-17-18)7-15-13(12)10-5-3-2-4-6-10/h2-6,8,12-13,15H,7,9H2,1H3/t12-,13+/m1/s1. The molecule has 0 saturated carbocycles. The van der Waals surface area contributed by atoms with Crippen molar-refractivity contribution in [2.45, 2.75) is 19.1 Å². The van der Waals surface area contributed by atoms with Gasteiger partial charge in [-0.2, -0.15) is 0 Å². The highest BCUT2D eigenvalue weighted by molar-refractivity contribution is 5.73. The lowest BCUT2D eigenvalue weighted by Crippen LogP contribution is -2.33. The van der Waals surface area contributed by atoms with Gasteiger partial charge in [-0.15, -0.1) is 5.10 Å². The fourth-order valence-corrected chi connectivity index (χ4v) is 2.59. The lowest BCUT2D eigenvalue weighted by molar-refractivity contribution is -0.147. The summed E-state index contributed by atoms with van der Waals surface area (Å²) in [4.78, 5) is 12.1. The summed E-state index contributed by atoms with van der Waals surface area (Å²) in [6, 6.07) is 9.83. The van der Waals surface area contributed by atoms with Gasteiger partial charge in [0.2, 0.25) is 0 Å². The Hall–Kier alpha value is -2.21. The maximum absolute atomic E-state index is 12.1. The zero-order chi connectivity index (χ0) is 13.9. The van der Waals surface area contributed by atoms with E-state index in [9.17, 15) is 4.79 Å². The number of esters is 1. The van der Waals surface area contributed by atoms with Gasteiger partial charge < -0.3 is 10.1 Å². The van der Waals surface area contributed by atoms with E-state index in [0.717, 1.165) is 11.3 Å². The van der Waals surface area contributed by atoms with Crippen LogP contribution in [0.4, 0.5) is 0 Å². The molecule has 1 N–H and O–H groups in total. The predicted molar refractivity (Wildman–Crippen MR) is 71.6 cm³/mol. The number of carbonyl (C=O) groups excluding carboxylic acids is 1. The molecule has 1 aliphatic heterocycles. The average molecular weight is 272 g/mol. The molecular formula is C14H16N4O2. The summed E-state index contributed by atoms with van der Waals surface area (Å²) in [7, 11) is 1.41. The van der Waals surface area contributed by atoms with Crippen LogP contribution < -0.4 is 5.32 Å². The molecule has 0 bridgehead atoms. The predicted octanol–water partition coefficient (Wildman–Crippen LogP) is 0.912. The van der Waals surface area contributed by atoms with E-state index in [1.165, 1.54) is 7.11 Å². The first kappa shape index (κ1) is 12.8. The third-order valence-corrected chi connectivity index (χ3v) is 3.64. The van der Waals surface area contributed by atoms with Crippen LogP contribution in [-0.2, 0) is 22.6 Å². The molecule has 1 aliphatic rings. The summed E-state index contributed by atoms with van der Waals surface area (Å²) in [5.41, 5.74) is 2.04. The van der Waals surface area contributed by atoms with Gasteiger partial charge in [-0.1, -0.05) is 35.5 Å². The molecule has 6 nitrogen and oxygen atoms in total. The maximum Gasteiger partial charge on any atom is 0.312 e. The number of carbonyl (C=O) groups is 1. The van der Waals surface area contributed by atoms with Crippen molar-refractivity contribution in [1.29, 1.82) is 0 Å². The van der Waals surface area contributed by atoms with Crippen LogP contribution in [0, 0.1) is 5.92 Å². The summed E-state index contributed by atoms with van der Waals surface area (Å²) in [5, 5.41) is 11.3. The molecule has 0 saturated heterocycles. The van der Waals surface area contributed by atoms with E-state index in [-0.39, 0.29) is 17.9 Å². The van der Waals surface area contributed by atoms with Gasteiger partial charge in [0, 0.05) is 12.6 Å². The van der Waals surface area contributed by atoms with Gasteiger partial charge in [0.15, 0.2) is 0 Å². The second-order valence-corrected chi connectivity index (χ2v) is 4.81. The van der Waals surface area contributed by atoms with Crippen LogP contribution in [0.3, 0.4) is 0 Å². The topological polar surface area (TPSA) is 69.0 Å². The molecule has 0 aliphatic carbocycles. The van der Waals surface area contributed by atoms with Crippen LogP contribution in [-0.4, -0.2) is 28.1 Å². The van der Waals surface area contributed by atoms with E-state index in [2.05, 4.69) is 15.6 Å². The van der Waals surface area contributed by atoms with Crippen LogP contribution in [0.5, 0.6) is 0 Å². The monoisotopic (exact) mass is 272 g/mol. The van der Waals surface area contributed by atoms with Crippen molar-refractivity contribution < 1.29 is 9.53 Å². The van der Waals surface area contributed by atoms with E-state index in [4.69, 9.17) is 4.74 Å². The molecule has 1 aromatic heterocycles. The second-order valence-electron chi connectivity index (χ2n) is 4.81. The molecule has 1 aromatic carbocycles. The van der Waals surface area contributed by atoms with Gasteiger partial charge >= 0.3 is 5.97 Å². The Morgan fingerprint density at radius 1 is 1.40 bits per heavy atom. The molecule has 2 aromatic rings. The lowest BCUT2D eigenvalue weighted by atomic mass is 9.93. The van der Waals surface area contributed by atoms with Crippen molar-refractivity contribution in [2.75, 3.05) is 7.11 Å². The molecule has 0 fully saturated rings. The molecule has 3 rings (SSSR count). The summed E-state index contributed by atoms with van der Waals surface area (Å²) >= 11 is 0. The summed E-state index contributed by atoms with van der Waals surface area (Å²) in [5.74, 6) is -0.569. The van der Waals surface area contributed by atoms with Crippen LogP contribution in [0.25, 0.3) is 0 Å². The van der Waals surface area contributed by atoms with Gasteiger partial charge in [0.1, 0.15) is 0 Å². The Morgan fingerprint density at radius 2 is 2.20 bits per heavy atom. The second kappa shape index (κ2) is 5.42. The Labute approximate surface area is 116 Å². The Bertz CT molecular complexity index is 596. The first-order chi connectivity index (χ1) is 9.79. The van der Waals surface area contributed by atoms with Crippen molar-refractivity contribution in [3.63, 3.8) is 0 Å². The fraction of sp³-hybridized carbons (Fsp3) is 0.357. The fourth-order valence-electron chi connectivity index (χ4n) is 2.59. The number of rotatable bonds is 2. The number of nitrogens with one attached hydrogen (secondary N) is 1. The van der Waals surface area contributed by atoms with Crippen LogP contribution in [0.1, 0.15) is 17.3 Å². The molecule has 2 heterocycles. The molecule has 0 spiro atoms. The summed E-state index contributed by atoms with van der Waals surface area (Å²) < 4.78 is 6.71. The van der Waals surface area contributed by atoms with Crippen LogP contribution in [0.2, 0.25) is 0 Å². The number of aromatic nitrogens is 3. The highest BCUT2D eigenvalue weighted by atomic mass is 16.5. The first-order valence-electron chi connectivity index (χ1n) is 6.53. The molecule has 20 heavy (non-hydrogen) atoms. The van der Waals surface area contributed by atoms with Crippen LogP contribution >= 0.6 is 0 Å². The smallest absolute Gasteiger partial charge is 0.312 e. The third kappa shape index (κ3) is 2.30. The average Bonchev–Trinajstić information content (AvgIpc) is 2.86. The van der Waals surface area contributed by atoms with Crippen molar-refractivity contribution in [2.24, 2.45) is 5.92 Å². The first-order valence-corrected chi connectivity index (χ1v) is 6.53. The lowest BCUT2D eigenvalue weighted by Gasteiger charge is -2.23. The Balaban J connectivity index is 1.96. The molecule has 6 heteroatoms. The van der Waals surface area contributed by atoms with Crippen LogP contribution in [0.15, 0.2) is 36.5 Å². The SMILES string of the molecule is COC(=O)[C@@H]1Cn2nncc2CN[C@H]1c1ccccc1. The van der Waals surface area contributed by atoms with Crippen molar-refractivity contribution in [3.8, 4) is 0 Å². The minimum atomic E-state index is -0.328. The summed E-state index contributed by atoms with van der Waals surface area (Å²) in [6.45, 7) is 1.09. The largest absolute Gasteiger partial charge is 0.469 e. The van der Waals surface area contributed by atoms with Crippen molar-refractivity contribution in [3.05, 3.63) is 47.8 Å². The highest BCUT2D eigenvalue weighted by Crippen LogP contribution is 2.27. The van der Waals surface area contributed by atoms with Gasteiger partial charge in [-0.05, 0) is 5.56 Å². The molecule has 2 atom stereocenters. The maximum atomic E-state index is 12.1. The van der Waals surface area contributed by atoms with E-state index in [0.29, 0.717) is 13.1 Å². The molecule has 0 amide bonds. The zero-order valence-electron chi connectivity index (χ0n) is 11.2. The minimum absolute atomic E-state index is 0.0923. The number of methoxy groups -OCH3 is 1. The molecule has 0 radical (unpaired) electrons. The molecular weight excluding hydrogens is 256 g/mol. The normalized spacial score (nSPS) is 21.9. The number of benzene rings is 1. The molecule has 104 valence electrons. The summed E-state index contributed by atoms with van der Waals surface area (Å²) in [6.07, 6.45) is 1.72. The van der Waals surface area contributed by atoms with Crippen molar-refractivity contribution >= 4 is 5.97 Å². The Kier molecular flexibility index (Phi) is 3.47. The zero-order valence-corrected chi connectivity index (χ0v) is 11.2. The van der Waals surface area contributed by atoms with E-state index in [1.807, 2.05) is 30.3 Å². The van der Waals surface area contributed by atoms with E-state index in [1.54, 1.807) is 10.9 Å². The number of fused-ring (bicyclic) bond motifs is 1. The van der Waals surface area contributed by atoms with E-state index < -0.39 is 0 Å². The van der Waals surface area contributed by atoms with Gasteiger partial charge in [0.05, 0.1) is 31.5 Å². The van der Waals surface area contributed by atoms with E-state index >= 15 is 0 Å².